The Kier molecular flexibility index (Phi) is 7.74. The zero-order valence-electron chi connectivity index (χ0n) is 14.5. The maximum atomic E-state index is 12.2. The van der Waals surface area contributed by atoms with Crippen LogP contribution in [0.1, 0.15) is 31.9 Å². The van der Waals surface area contributed by atoms with Crippen molar-refractivity contribution in [2.75, 3.05) is 20.7 Å². The number of hydrogen-bond donors (Lipinski definition) is 2. The maximum absolute atomic E-state index is 12.2. The minimum atomic E-state index is -0.668. The van der Waals surface area contributed by atoms with Gasteiger partial charge in [0.15, 0.2) is 0 Å². The van der Waals surface area contributed by atoms with Gasteiger partial charge in [-0.3, -0.25) is 9.59 Å². The molecule has 2 atom stereocenters. The highest BCUT2D eigenvalue weighted by Gasteiger charge is 2.22. The standard InChI is InChI=1S/C17H25N3O4/c1-5-24-15(21)11-14(13-9-7-6-8-10-13)19-17(23)18-12(2)16(22)20(3)4/h6-10,12,14H,5,11H2,1-4H3,(H2,18,19,23)/t12-,14+/m0/s1. The summed E-state index contributed by atoms with van der Waals surface area (Å²) in [5.74, 6) is -0.615. The van der Waals surface area contributed by atoms with E-state index in [1.807, 2.05) is 30.3 Å². The Morgan fingerprint density at radius 2 is 1.75 bits per heavy atom. The van der Waals surface area contributed by atoms with E-state index in [4.69, 9.17) is 4.74 Å². The molecule has 7 heteroatoms. The summed E-state index contributed by atoms with van der Waals surface area (Å²) >= 11 is 0. The molecule has 0 bridgehead atoms. The van der Waals surface area contributed by atoms with E-state index >= 15 is 0 Å². The molecule has 0 aliphatic rings. The van der Waals surface area contributed by atoms with Gasteiger partial charge in [0.05, 0.1) is 19.1 Å². The molecule has 0 fully saturated rings. The molecule has 1 aromatic rings. The SMILES string of the molecule is CCOC(=O)C[C@@H](NC(=O)N[C@@H](C)C(=O)N(C)C)c1ccccc1. The summed E-state index contributed by atoms with van der Waals surface area (Å²) in [5.41, 5.74) is 0.785. The first-order chi connectivity index (χ1) is 11.3. The van der Waals surface area contributed by atoms with Crippen LogP contribution in [0.2, 0.25) is 0 Å². The lowest BCUT2D eigenvalue weighted by Gasteiger charge is -2.22. The topological polar surface area (TPSA) is 87.7 Å². The Hall–Kier alpha value is -2.57. The van der Waals surface area contributed by atoms with Crippen LogP contribution in [-0.4, -0.2) is 49.6 Å². The van der Waals surface area contributed by atoms with Crippen molar-refractivity contribution < 1.29 is 19.1 Å². The van der Waals surface area contributed by atoms with Gasteiger partial charge in [-0.05, 0) is 19.4 Å². The minimum absolute atomic E-state index is 0.0152. The molecular formula is C17H25N3O4. The van der Waals surface area contributed by atoms with Gasteiger partial charge in [0.25, 0.3) is 0 Å². The van der Waals surface area contributed by atoms with E-state index in [0.29, 0.717) is 0 Å². The molecule has 132 valence electrons. The molecule has 0 unspecified atom stereocenters. The highest BCUT2D eigenvalue weighted by atomic mass is 16.5. The highest BCUT2D eigenvalue weighted by Crippen LogP contribution is 2.17. The lowest BCUT2D eigenvalue weighted by molar-refractivity contribution is -0.143. The fourth-order valence-electron chi connectivity index (χ4n) is 2.17. The molecule has 0 saturated carbocycles. The summed E-state index contributed by atoms with van der Waals surface area (Å²) in [6.45, 7) is 3.61. The average molecular weight is 335 g/mol. The second-order valence-corrected chi connectivity index (χ2v) is 5.54. The van der Waals surface area contributed by atoms with Gasteiger partial charge in [0.1, 0.15) is 6.04 Å². The smallest absolute Gasteiger partial charge is 0.315 e. The lowest BCUT2D eigenvalue weighted by Crippen LogP contribution is -2.49. The molecule has 0 saturated heterocycles. The number of amides is 3. The number of hydrogen-bond acceptors (Lipinski definition) is 4. The van der Waals surface area contributed by atoms with Gasteiger partial charge in [-0.25, -0.2) is 4.79 Å². The van der Waals surface area contributed by atoms with Crippen molar-refractivity contribution in [1.29, 1.82) is 0 Å². The van der Waals surface area contributed by atoms with E-state index in [2.05, 4.69) is 10.6 Å². The molecule has 1 rings (SSSR count). The molecule has 0 radical (unpaired) electrons. The molecule has 1 aromatic carbocycles. The van der Waals surface area contributed by atoms with Crippen molar-refractivity contribution >= 4 is 17.9 Å². The van der Waals surface area contributed by atoms with Crippen LogP contribution in [0.15, 0.2) is 30.3 Å². The van der Waals surface area contributed by atoms with E-state index in [-0.39, 0.29) is 18.9 Å². The van der Waals surface area contributed by atoms with Crippen LogP contribution in [0, 0.1) is 0 Å². The predicted octanol–water partition coefficient (Wildman–Crippen LogP) is 1.46. The van der Waals surface area contributed by atoms with Crippen LogP contribution in [0.4, 0.5) is 4.79 Å². The van der Waals surface area contributed by atoms with Crippen LogP contribution in [0.3, 0.4) is 0 Å². The van der Waals surface area contributed by atoms with E-state index in [1.54, 1.807) is 27.9 Å². The number of nitrogens with one attached hydrogen (secondary N) is 2. The first kappa shape index (κ1) is 19.5. The molecule has 7 nitrogen and oxygen atoms in total. The predicted molar refractivity (Wildman–Crippen MR) is 90.3 cm³/mol. The fourth-order valence-corrected chi connectivity index (χ4v) is 2.17. The molecule has 3 amide bonds. The number of ether oxygens (including phenoxy) is 1. The molecule has 0 spiro atoms. The Labute approximate surface area is 142 Å². The van der Waals surface area contributed by atoms with Crippen molar-refractivity contribution in [3.05, 3.63) is 35.9 Å². The molecule has 24 heavy (non-hydrogen) atoms. The van der Waals surface area contributed by atoms with Crippen LogP contribution in [0.25, 0.3) is 0 Å². The van der Waals surface area contributed by atoms with E-state index in [0.717, 1.165) is 5.56 Å². The van der Waals surface area contributed by atoms with Gasteiger partial charge in [-0.15, -0.1) is 0 Å². The fraction of sp³-hybridized carbons (Fsp3) is 0.471. The van der Waals surface area contributed by atoms with Gasteiger partial charge >= 0.3 is 12.0 Å². The largest absolute Gasteiger partial charge is 0.466 e. The number of esters is 1. The summed E-state index contributed by atoms with van der Waals surface area (Å²) in [7, 11) is 3.23. The zero-order valence-corrected chi connectivity index (χ0v) is 14.5. The third-order valence-corrected chi connectivity index (χ3v) is 3.34. The summed E-state index contributed by atoms with van der Waals surface area (Å²) in [6.07, 6.45) is 0.0152. The number of rotatable bonds is 7. The Balaban J connectivity index is 2.75. The number of likely N-dealkylation sites (N-methyl/N-ethyl adjacent to an activating group) is 1. The minimum Gasteiger partial charge on any atom is -0.466 e. The molecule has 0 aromatic heterocycles. The van der Waals surface area contributed by atoms with Crippen molar-refractivity contribution in [2.24, 2.45) is 0 Å². The molecular weight excluding hydrogens is 310 g/mol. The monoisotopic (exact) mass is 335 g/mol. The van der Waals surface area contributed by atoms with Gasteiger partial charge in [0, 0.05) is 14.1 Å². The van der Waals surface area contributed by atoms with Gasteiger partial charge in [-0.1, -0.05) is 30.3 Å². The Bertz CT molecular complexity index is 560. The lowest BCUT2D eigenvalue weighted by atomic mass is 10.0. The van der Waals surface area contributed by atoms with Crippen LogP contribution in [-0.2, 0) is 14.3 Å². The Morgan fingerprint density at radius 1 is 1.12 bits per heavy atom. The number of benzene rings is 1. The molecule has 0 aliphatic carbocycles. The van der Waals surface area contributed by atoms with E-state index in [9.17, 15) is 14.4 Å². The van der Waals surface area contributed by atoms with Crippen molar-refractivity contribution in [3.63, 3.8) is 0 Å². The third kappa shape index (κ3) is 6.28. The number of carbonyl (C=O) groups is 3. The second-order valence-electron chi connectivity index (χ2n) is 5.54. The van der Waals surface area contributed by atoms with E-state index < -0.39 is 24.1 Å². The third-order valence-electron chi connectivity index (χ3n) is 3.34. The van der Waals surface area contributed by atoms with E-state index in [1.165, 1.54) is 4.90 Å². The number of nitrogens with zero attached hydrogens (tertiary/aromatic N) is 1. The Morgan fingerprint density at radius 3 is 2.29 bits per heavy atom. The van der Waals surface area contributed by atoms with Crippen molar-refractivity contribution in [3.8, 4) is 0 Å². The zero-order chi connectivity index (χ0) is 18.1. The summed E-state index contributed by atoms with van der Waals surface area (Å²) in [5, 5.41) is 5.30. The van der Waals surface area contributed by atoms with Gasteiger partial charge in [0.2, 0.25) is 5.91 Å². The summed E-state index contributed by atoms with van der Waals surface area (Å²) < 4.78 is 4.95. The van der Waals surface area contributed by atoms with Crippen molar-refractivity contribution in [1.82, 2.24) is 15.5 Å². The van der Waals surface area contributed by atoms with Crippen LogP contribution < -0.4 is 10.6 Å². The highest BCUT2D eigenvalue weighted by molar-refractivity contribution is 5.86. The van der Waals surface area contributed by atoms with Gasteiger partial charge in [-0.2, -0.15) is 0 Å². The molecule has 0 aliphatic heterocycles. The first-order valence-electron chi connectivity index (χ1n) is 7.83. The van der Waals surface area contributed by atoms with Gasteiger partial charge < -0.3 is 20.3 Å². The quantitative estimate of drug-likeness (QED) is 0.739. The number of carbonyl (C=O) groups excluding carboxylic acids is 3. The second kappa shape index (κ2) is 9.54. The summed E-state index contributed by atoms with van der Waals surface area (Å²) in [4.78, 5) is 37.1. The van der Waals surface area contributed by atoms with Crippen molar-refractivity contribution in [2.45, 2.75) is 32.4 Å². The first-order valence-corrected chi connectivity index (χ1v) is 7.83. The summed E-state index contributed by atoms with van der Waals surface area (Å²) in [6, 6.07) is 7.41. The molecule has 0 heterocycles. The normalized spacial score (nSPS) is 12.7. The van der Waals surface area contributed by atoms with Crippen LogP contribution >= 0.6 is 0 Å². The van der Waals surface area contributed by atoms with Crippen LogP contribution in [0.5, 0.6) is 0 Å². The maximum Gasteiger partial charge on any atom is 0.315 e. The average Bonchev–Trinajstić information content (AvgIpc) is 2.54. The number of urea groups is 1. The molecule has 2 N–H and O–H groups in total.